The molecule has 5 heteroatoms. The third-order valence-corrected chi connectivity index (χ3v) is 4.71. The van der Waals surface area contributed by atoms with Gasteiger partial charge in [0.25, 0.3) is 0 Å². The zero-order chi connectivity index (χ0) is 13.0. The lowest BCUT2D eigenvalue weighted by molar-refractivity contribution is 0.433. The lowest BCUT2D eigenvalue weighted by Crippen LogP contribution is -2.49. The fourth-order valence-corrected chi connectivity index (χ4v) is 2.50. The largest absolute Gasteiger partial charge is 0.313 e. The van der Waals surface area contributed by atoms with Gasteiger partial charge in [-0.25, -0.2) is 13.1 Å². The molecular formula is C11H26N2O2S. The molecule has 0 saturated heterocycles. The second kappa shape index (κ2) is 5.98. The highest BCUT2D eigenvalue weighted by atomic mass is 32.2. The standard InChI is InChI=1S/C11H26N2O2S/c1-7-11(5,6)13-16(14,15)10(4)8-12-9(2)3/h9-10,12-13H,7-8H2,1-6H3. The molecule has 4 nitrogen and oxygen atoms in total. The first kappa shape index (κ1) is 15.9. The molecule has 0 heterocycles. The van der Waals surface area contributed by atoms with Gasteiger partial charge < -0.3 is 5.32 Å². The molecule has 16 heavy (non-hydrogen) atoms. The van der Waals surface area contributed by atoms with Gasteiger partial charge in [0.1, 0.15) is 0 Å². The zero-order valence-electron chi connectivity index (χ0n) is 11.3. The van der Waals surface area contributed by atoms with E-state index >= 15 is 0 Å². The lowest BCUT2D eigenvalue weighted by atomic mass is 10.0. The van der Waals surface area contributed by atoms with Crippen molar-refractivity contribution in [2.24, 2.45) is 0 Å². The van der Waals surface area contributed by atoms with E-state index in [1.54, 1.807) is 6.92 Å². The Balaban J connectivity index is 4.43. The molecule has 0 aliphatic heterocycles. The molecule has 98 valence electrons. The van der Waals surface area contributed by atoms with Crippen molar-refractivity contribution in [2.45, 2.75) is 64.8 Å². The Kier molecular flexibility index (Phi) is 5.93. The van der Waals surface area contributed by atoms with Gasteiger partial charge in [-0.05, 0) is 27.2 Å². The first-order chi connectivity index (χ1) is 7.10. The Morgan fingerprint density at radius 1 is 1.19 bits per heavy atom. The third-order valence-electron chi connectivity index (χ3n) is 2.65. The van der Waals surface area contributed by atoms with Crippen molar-refractivity contribution in [1.29, 1.82) is 0 Å². The van der Waals surface area contributed by atoms with Crippen LogP contribution < -0.4 is 10.0 Å². The molecule has 0 aromatic carbocycles. The average molecular weight is 250 g/mol. The van der Waals surface area contributed by atoms with Crippen LogP contribution in [0, 0.1) is 0 Å². The summed E-state index contributed by atoms with van der Waals surface area (Å²) in [5.41, 5.74) is -0.370. The lowest BCUT2D eigenvalue weighted by Gasteiger charge is -2.27. The van der Waals surface area contributed by atoms with Crippen molar-refractivity contribution in [3.05, 3.63) is 0 Å². The van der Waals surface area contributed by atoms with Crippen LogP contribution in [0.1, 0.15) is 48.0 Å². The molecule has 0 spiro atoms. The minimum Gasteiger partial charge on any atom is -0.313 e. The van der Waals surface area contributed by atoms with Crippen molar-refractivity contribution in [1.82, 2.24) is 10.0 Å². The minimum atomic E-state index is -3.24. The number of hydrogen-bond donors (Lipinski definition) is 2. The van der Waals surface area contributed by atoms with Crippen LogP contribution in [-0.2, 0) is 10.0 Å². The Bertz CT molecular complexity index is 297. The van der Waals surface area contributed by atoms with Gasteiger partial charge in [-0.2, -0.15) is 0 Å². The quantitative estimate of drug-likeness (QED) is 0.719. The van der Waals surface area contributed by atoms with Crippen molar-refractivity contribution >= 4 is 10.0 Å². The molecule has 1 unspecified atom stereocenters. The molecule has 0 aromatic heterocycles. The maximum absolute atomic E-state index is 12.0. The zero-order valence-corrected chi connectivity index (χ0v) is 12.1. The highest BCUT2D eigenvalue weighted by molar-refractivity contribution is 7.90. The first-order valence-electron chi connectivity index (χ1n) is 5.87. The molecule has 0 rings (SSSR count). The summed E-state index contributed by atoms with van der Waals surface area (Å²) in [6, 6.07) is 0.303. The SMILES string of the molecule is CCC(C)(C)NS(=O)(=O)C(C)CNC(C)C. The topological polar surface area (TPSA) is 58.2 Å². The van der Waals surface area contributed by atoms with Gasteiger partial charge in [0.2, 0.25) is 10.0 Å². The van der Waals surface area contributed by atoms with E-state index in [2.05, 4.69) is 10.0 Å². The number of sulfonamides is 1. The predicted octanol–water partition coefficient (Wildman–Crippen LogP) is 1.48. The van der Waals surface area contributed by atoms with Crippen molar-refractivity contribution in [3.63, 3.8) is 0 Å². The highest BCUT2D eigenvalue weighted by Crippen LogP contribution is 2.11. The Morgan fingerprint density at radius 3 is 2.06 bits per heavy atom. The summed E-state index contributed by atoms with van der Waals surface area (Å²) < 4.78 is 26.7. The summed E-state index contributed by atoms with van der Waals surface area (Å²) in [6.45, 7) is 12.0. The molecule has 0 aliphatic rings. The molecule has 2 N–H and O–H groups in total. The van der Waals surface area contributed by atoms with Gasteiger partial charge in [0, 0.05) is 18.1 Å². The summed E-state index contributed by atoms with van der Waals surface area (Å²) in [5, 5.41) is 2.72. The average Bonchev–Trinajstić information content (AvgIpc) is 2.12. The smallest absolute Gasteiger partial charge is 0.215 e. The van der Waals surface area contributed by atoms with Crippen LogP contribution in [0.2, 0.25) is 0 Å². The van der Waals surface area contributed by atoms with Gasteiger partial charge in [-0.15, -0.1) is 0 Å². The van der Waals surface area contributed by atoms with Crippen LogP contribution in [0.25, 0.3) is 0 Å². The molecule has 0 bridgehead atoms. The molecule has 0 aliphatic carbocycles. The fourth-order valence-electron chi connectivity index (χ4n) is 1.07. The van der Waals surface area contributed by atoms with Crippen LogP contribution in [0.3, 0.4) is 0 Å². The molecule has 0 saturated carbocycles. The number of rotatable bonds is 7. The fraction of sp³-hybridized carbons (Fsp3) is 1.00. The summed E-state index contributed by atoms with van der Waals surface area (Å²) >= 11 is 0. The molecule has 1 atom stereocenters. The van der Waals surface area contributed by atoms with Crippen LogP contribution in [0.15, 0.2) is 0 Å². The van der Waals surface area contributed by atoms with E-state index in [9.17, 15) is 8.42 Å². The maximum Gasteiger partial charge on any atom is 0.215 e. The van der Waals surface area contributed by atoms with Crippen molar-refractivity contribution < 1.29 is 8.42 Å². The van der Waals surface area contributed by atoms with E-state index in [4.69, 9.17) is 0 Å². The summed E-state index contributed by atoms with van der Waals surface area (Å²) in [5.74, 6) is 0. The van der Waals surface area contributed by atoms with E-state index in [0.717, 1.165) is 6.42 Å². The van der Waals surface area contributed by atoms with Crippen molar-refractivity contribution in [3.8, 4) is 0 Å². The Morgan fingerprint density at radius 2 is 1.69 bits per heavy atom. The number of hydrogen-bond acceptors (Lipinski definition) is 3. The van der Waals surface area contributed by atoms with E-state index in [-0.39, 0.29) is 5.54 Å². The number of nitrogens with one attached hydrogen (secondary N) is 2. The van der Waals surface area contributed by atoms with E-state index < -0.39 is 15.3 Å². The molecular weight excluding hydrogens is 224 g/mol. The maximum atomic E-state index is 12.0. The summed E-state index contributed by atoms with van der Waals surface area (Å²) in [4.78, 5) is 0. The van der Waals surface area contributed by atoms with Crippen LogP contribution >= 0.6 is 0 Å². The molecule has 0 radical (unpaired) electrons. The molecule has 0 aromatic rings. The second-order valence-electron chi connectivity index (χ2n) is 5.26. The Labute approximate surface area is 100 Å². The van der Waals surface area contributed by atoms with E-state index in [0.29, 0.717) is 12.6 Å². The van der Waals surface area contributed by atoms with Crippen molar-refractivity contribution in [2.75, 3.05) is 6.54 Å². The van der Waals surface area contributed by atoms with Gasteiger partial charge in [0.15, 0.2) is 0 Å². The van der Waals surface area contributed by atoms with Gasteiger partial charge in [-0.3, -0.25) is 0 Å². The molecule has 0 fully saturated rings. The molecule has 0 amide bonds. The van der Waals surface area contributed by atoms with Gasteiger partial charge in [0.05, 0.1) is 5.25 Å². The van der Waals surface area contributed by atoms with Crippen LogP contribution in [-0.4, -0.2) is 31.8 Å². The normalized spacial score (nSPS) is 15.4. The minimum absolute atomic E-state index is 0.303. The van der Waals surface area contributed by atoms with E-state index in [1.807, 2.05) is 34.6 Å². The van der Waals surface area contributed by atoms with E-state index in [1.165, 1.54) is 0 Å². The predicted molar refractivity (Wildman–Crippen MR) is 69.0 cm³/mol. The van der Waals surface area contributed by atoms with Gasteiger partial charge >= 0.3 is 0 Å². The Hall–Kier alpha value is -0.130. The summed E-state index contributed by atoms with van der Waals surface area (Å²) in [7, 11) is -3.24. The van der Waals surface area contributed by atoms with Crippen LogP contribution in [0.4, 0.5) is 0 Å². The third kappa shape index (κ3) is 5.82. The monoisotopic (exact) mass is 250 g/mol. The summed E-state index contributed by atoms with van der Waals surface area (Å²) in [6.07, 6.45) is 0.774. The first-order valence-corrected chi connectivity index (χ1v) is 7.41. The second-order valence-corrected chi connectivity index (χ2v) is 7.36. The highest BCUT2D eigenvalue weighted by Gasteiger charge is 2.27. The van der Waals surface area contributed by atoms with Gasteiger partial charge in [-0.1, -0.05) is 20.8 Å². The van der Waals surface area contributed by atoms with Crippen LogP contribution in [0.5, 0.6) is 0 Å².